The Hall–Kier alpha value is -3.92. The molecule has 16 heteroatoms. The van der Waals surface area contributed by atoms with Crippen molar-refractivity contribution in [2.45, 2.75) is 55.9 Å². The zero-order valence-electron chi connectivity index (χ0n) is 24.6. The Kier molecular flexibility index (Phi) is 10.1. The minimum absolute atomic E-state index is 0.0935. The van der Waals surface area contributed by atoms with Crippen molar-refractivity contribution in [3.63, 3.8) is 0 Å². The summed E-state index contributed by atoms with van der Waals surface area (Å²) in [4.78, 5) is 12.3. The molecule has 1 saturated carbocycles. The molecule has 3 N–H and O–H groups in total. The van der Waals surface area contributed by atoms with Gasteiger partial charge in [0, 0.05) is 44.0 Å². The summed E-state index contributed by atoms with van der Waals surface area (Å²) in [5, 5.41) is 7.62. The van der Waals surface area contributed by atoms with Crippen molar-refractivity contribution >= 4 is 32.7 Å². The summed E-state index contributed by atoms with van der Waals surface area (Å²) in [5.74, 6) is 1.32. The Labute approximate surface area is 261 Å². The molecule has 2 aromatic heterocycles. The minimum atomic E-state index is -5.14. The monoisotopic (exact) mass is 669 g/mol. The largest absolute Gasteiger partial charge is 0.416 e. The summed E-state index contributed by atoms with van der Waals surface area (Å²) in [6.45, 7) is 2.00. The van der Waals surface area contributed by atoms with Crippen LogP contribution in [-0.4, -0.2) is 47.6 Å². The second kappa shape index (κ2) is 13.8. The third-order valence-electron chi connectivity index (χ3n) is 8.00. The SMILES string of the molecule is O=S(=O)(NC[C@H]1CC[C@H](CNc2nc(NCCCn3ccnc3)c3ccccc3n2)CC1)c1cc(C(F)(F)F)cc(C(F)(F)F)c1. The third kappa shape index (κ3) is 8.66. The molecule has 0 spiro atoms. The number of halogens is 6. The Morgan fingerprint density at radius 3 is 2.13 bits per heavy atom. The molecule has 1 fully saturated rings. The molecule has 4 aromatic rings. The highest BCUT2D eigenvalue weighted by atomic mass is 32.2. The van der Waals surface area contributed by atoms with Crippen LogP contribution in [0.3, 0.4) is 0 Å². The van der Waals surface area contributed by atoms with Gasteiger partial charge in [-0.15, -0.1) is 0 Å². The maximum absolute atomic E-state index is 13.2. The maximum atomic E-state index is 13.2. The van der Waals surface area contributed by atoms with Crippen molar-refractivity contribution < 1.29 is 34.8 Å². The van der Waals surface area contributed by atoms with Crippen LogP contribution in [0.2, 0.25) is 0 Å². The number of fused-ring (bicyclic) bond motifs is 1. The van der Waals surface area contributed by atoms with Gasteiger partial charge < -0.3 is 15.2 Å². The molecule has 1 aliphatic rings. The molecule has 0 atom stereocenters. The molecular weight excluding hydrogens is 636 g/mol. The van der Waals surface area contributed by atoms with Crippen LogP contribution >= 0.6 is 0 Å². The number of hydrogen-bond donors (Lipinski definition) is 3. The highest BCUT2D eigenvalue weighted by molar-refractivity contribution is 7.89. The van der Waals surface area contributed by atoms with Gasteiger partial charge >= 0.3 is 12.4 Å². The summed E-state index contributed by atoms with van der Waals surface area (Å²) in [5.41, 5.74) is -2.57. The Morgan fingerprint density at radius 2 is 1.50 bits per heavy atom. The van der Waals surface area contributed by atoms with Gasteiger partial charge in [-0.1, -0.05) is 12.1 Å². The van der Waals surface area contributed by atoms with Crippen molar-refractivity contribution in [1.29, 1.82) is 0 Å². The lowest BCUT2D eigenvalue weighted by Gasteiger charge is -2.28. The fourth-order valence-corrected chi connectivity index (χ4v) is 6.63. The fraction of sp³-hybridized carbons (Fsp3) is 0.433. The lowest BCUT2D eigenvalue weighted by molar-refractivity contribution is -0.143. The van der Waals surface area contributed by atoms with Gasteiger partial charge in [-0.05, 0) is 74.3 Å². The van der Waals surface area contributed by atoms with E-state index in [-0.39, 0.29) is 36.6 Å². The first-order valence-corrected chi connectivity index (χ1v) is 16.3. The number of sulfonamides is 1. The molecule has 0 aliphatic heterocycles. The minimum Gasteiger partial charge on any atom is -0.369 e. The van der Waals surface area contributed by atoms with Crippen molar-refractivity contribution in [2.24, 2.45) is 11.8 Å². The number of aromatic nitrogens is 4. The van der Waals surface area contributed by atoms with Crippen LogP contribution in [0.25, 0.3) is 10.9 Å². The van der Waals surface area contributed by atoms with Gasteiger partial charge in [-0.3, -0.25) is 0 Å². The van der Waals surface area contributed by atoms with E-state index in [9.17, 15) is 34.8 Å². The number of benzene rings is 2. The normalized spacial score (nSPS) is 17.7. The molecule has 0 bridgehead atoms. The summed E-state index contributed by atoms with van der Waals surface area (Å²) in [7, 11) is -4.62. The van der Waals surface area contributed by atoms with Crippen molar-refractivity contribution in [3.05, 3.63) is 72.3 Å². The standard InChI is InChI=1S/C30H33F6N7O2S/c31-29(32,33)22-14-23(30(34,35)36)16-24(15-22)46(44,45)40-18-21-8-6-20(7-9-21)17-39-28-41-26-5-2-1-4-25(26)27(42-28)38-10-3-12-43-13-11-37-19-43/h1-2,4-5,11,13-16,19-21,40H,3,6-10,12,17-18H2,(H2,38,39,41,42)/t20-,21-. The summed E-state index contributed by atoms with van der Waals surface area (Å²) in [6, 6.07) is 8.03. The van der Waals surface area contributed by atoms with Crippen LogP contribution in [-0.2, 0) is 28.9 Å². The van der Waals surface area contributed by atoms with Gasteiger partial charge in [0.15, 0.2) is 0 Å². The predicted octanol–water partition coefficient (Wildman–Crippen LogP) is 6.56. The van der Waals surface area contributed by atoms with Gasteiger partial charge in [-0.25, -0.2) is 23.1 Å². The number of anilines is 2. The van der Waals surface area contributed by atoms with E-state index in [1.54, 1.807) is 12.5 Å². The summed E-state index contributed by atoms with van der Waals surface area (Å²) in [6.07, 6.45) is -1.26. The van der Waals surface area contributed by atoms with Crippen molar-refractivity contribution in [3.8, 4) is 0 Å². The van der Waals surface area contributed by atoms with Crippen LogP contribution in [0.15, 0.2) is 66.1 Å². The molecule has 0 radical (unpaired) electrons. The van der Waals surface area contributed by atoms with E-state index in [0.717, 1.165) is 42.5 Å². The highest BCUT2D eigenvalue weighted by Crippen LogP contribution is 2.37. The lowest BCUT2D eigenvalue weighted by atomic mass is 9.82. The number of nitrogens with zero attached hydrogens (tertiary/aromatic N) is 4. The fourth-order valence-electron chi connectivity index (χ4n) is 5.45. The van der Waals surface area contributed by atoms with Crippen LogP contribution < -0.4 is 15.4 Å². The first kappa shape index (κ1) is 33.4. The molecule has 2 aromatic carbocycles. The average molecular weight is 670 g/mol. The molecule has 9 nitrogen and oxygen atoms in total. The molecule has 2 heterocycles. The number of rotatable bonds is 12. The number of alkyl halides is 6. The molecule has 1 aliphatic carbocycles. The lowest BCUT2D eigenvalue weighted by Crippen LogP contribution is -2.32. The van der Waals surface area contributed by atoms with Crippen LogP contribution in [0.5, 0.6) is 0 Å². The molecule has 0 unspecified atom stereocenters. The van der Waals surface area contributed by atoms with Crippen LogP contribution in [0.4, 0.5) is 38.1 Å². The average Bonchev–Trinajstić information content (AvgIpc) is 3.54. The van der Waals surface area contributed by atoms with E-state index in [0.29, 0.717) is 31.9 Å². The quantitative estimate of drug-likeness (QED) is 0.116. The Morgan fingerprint density at radius 1 is 0.848 bits per heavy atom. The van der Waals surface area contributed by atoms with E-state index in [1.165, 1.54) is 0 Å². The summed E-state index contributed by atoms with van der Waals surface area (Å²) < 4.78 is 109. The van der Waals surface area contributed by atoms with Gasteiger partial charge in [-0.2, -0.15) is 31.3 Å². The third-order valence-corrected chi connectivity index (χ3v) is 9.40. The van der Waals surface area contributed by atoms with Crippen molar-refractivity contribution in [2.75, 3.05) is 30.3 Å². The number of para-hydroxylation sites is 1. The van der Waals surface area contributed by atoms with Crippen LogP contribution in [0.1, 0.15) is 43.2 Å². The Balaban J connectivity index is 1.14. The number of aryl methyl sites for hydroxylation is 1. The molecule has 46 heavy (non-hydrogen) atoms. The number of imidazole rings is 1. The Bertz CT molecular complexity index is 1690. The second-order valence-corrected chi connectivity index (χ2v) is 13.1. The molecule has 0 saturated heterocycles. The molecular formula is C30H33F6N7O2S. The number of nitrogens with one attached hydrogen (secondary N) is 3. The topological polar surface area (TPSA) is 114 Å². The van der Waals surface area contributed by atoms with Crippen LogP contribution in [0, 0.1) is 11.8 Å². The van der Waals surface area contributed by atoms with E-state index < -0.39 is 38.4 Å². The smallest absolute Gasteiger partial charge is 0.369 e. The van der Waals surface area contributed by atoms with E-state index in [1.807, 2.05) is 35.0 Å². The first-order chi connectivity index (χ1) is 21.8. The second-order valence-electron chi connectivity index (χ2n) is 11.4. The molecule has 5 rings (SSSR count). The zero-order valence-corrected chi connectivity index (χ0v) is 25.4. The molecule has 0 amide bonds. The maximum Gasteiger partial charge on any atom is 0.416 e. The van der Waals surface area contributed by atoms with Gasteiger partial charge in [0.25, 0.3) is 0 Å². The van der Waals surface area contributed by atoms with Crippen molar-refractivity contribution in [1.82, 2.24) is 24.2 Å². The van der Waals surface area contributed by atoms with Gasteiger partial charge in [0.1, 0.15) is 5.82 Å². The predicted molar refractivity (Wildman–Crippen MR) is 160 cm³/mol. The first-order valence-electron chi connectivity index (χ1n) is 14.8. The van der Waals surface area contributed by atoms with Gasteiger partial charge in [0.2, 0.25) is 16.0 Å². The van der Waals surface area contributed by atoms with E-state index in [2.05, 4.69) is 25.3 Å². The van der Waals surface area contributed by atoms with E-state index >= 15 is 0 Å². The highest BCUT2D eigenvalue weighted by Gasteiger charge is 2.38. The van der Waals surface area contributed by atoms with Gasteiger partial charge in [0.05, 0.1) is 27.9 Å². The molecule has 248 valence electrons. The summed E-state index contributed by atoms with van der Waals surface area (Å²) >= 11 is 0. The zero-order chi connectivity index (χ0) is 33.0. The van der Waals surface area contributed by atoms with E-state index in [4.69, 9.17) is 4.98 Å². The number of hydrogen-bond acceptors (Lipinski definition) is 7.